The largest absolute Gasteiger partial charge is 0.478 e. The summed E-state index contributed by atoms with van der Waals surface area (Å²) in [6.07, 6.45) is 8.03. The van der Waals surface area contributed by atoms with Gasteiger partial charge in [0.05, 0.1) is 23.4 Å². The zero-order valence-electron chi connectivity index (χ0n) is 14.7. The quantitative estimate of drug-likeness (QED) is 0.744. The molecular formula is C20H20N4O3. The van der Waals surface area contributed by atoms with Crippen LogP contribution in [-0.2, 0) is 0 Å². The zero-order chi connectivity index (χ0) is 18.8. The van der Waals surface area contributed by atoms with Gasteiger partial charge in [-0.1, -0.05) is 30.3 Å². The number of nitrogens with zero attached hydrogens (tertiary/aromatic N) is 3. The minimum atomic E-state index is -0.977. The fraction of sp³-hybridized carbons (Fsp3) is 0.250. The zero-order valence-corrected chi connectivity index (χ0v) is 14.7. The molecule has 7 heteroatoms. The molecule has 1 saturated heterocycles. The van der Waals surface area contributed by atoms with Crippen LogP contribution in [0.3, 0.4) is 0 Å². The van der Waals surface area contributed by atoms with Crippen LogP contribution in [0, 0.1) is 0 Å². The third-order valence-corrected chi connectivity index (χ3v) is 5.03. The number of carbonyl (C=O) groups is 2. The van der Waals surface area contributed by atoms with E-state index in [1.807, 2.05) is 41.4 Å². The van der Waals surface area contributed by atoms with E-state index in [4.69, 9.17) is 5.11 Å². The van der Waals surface area contributed by atoms with Crippen molar-refractivity contribution in [1.29, 1.82) is 0 Å². The molecule has 0 atom stereocenters. The van der Waals surface area contributed by atoms with Gasteiger partial charge in [0.2, 0.25) is 0 Å². The Morgan fingerprint density at radius 1 is 1.11 bits per heavy atom. The molecule has 2 aromatic heterocycles. The van der Waals surface area contributed by atoms with Gasteiger partial charge in [-0.2, -0.15) is 5.10 Å². The maximum Gasteiger partial charge on any atom is 0.338 e. The van der Waals surface area contributed by atoms with E-state index >= 15 is 0 Å². The van der Waals surface area contributed by atoms with Gasteiger partial charge in [0.1, 0.15) is 0 Å². The molecule has 2 N–H and O–H groups in total. The van der Waals surface area contributed by atoms with Crippen LogP contribution in [0.5, 0.6) is 0 Å². The van der Waals surface area contributed by atoms with Crippen molar-refractivity contribution in [3.63, 3.8) is 0 Å². The average Bonchev–Trinajstić information content (AvgIpc) is 3.38. The SMILES string of the molecule is O=C(O)c1cnn(C2CCN(C(=O)c3c[nH]cc3-c3ccccc3)CC2)c1. The maximum atomic E-state index is 13.0. The van der Waals surface area contributed by atoms with Gasteiger partial charge in [-0.25, -0.2) is 4.79 Å². The van der Waals surface area contributed by atoms with E-state index in [9.17, 15) is 9.59 Å². The highest BCUT2D eigenvalue weighted by Gasteiger charge is 2.27. The van der Waals surface area contributed by atoms with E-state index in [0.717, 1.165) is 24.0 Å². The monoisotopic (exact) mass is 364 g/mol. The van der Waals surface area contributed by atoms with Crippen molar-refractivity contribution in [3.05, 3.63) is 66.2 Å². The van der Waals surface area contributed by atoms with Gasteiger partial charge in [-0.05, 0) is 18.4 Å². The van der Waals surface area contributed by atoms with Gasteiger partial charge in [0.15, 0.2) is 0 Å². The summed E-state index contributed by atoms with van der Waals surface area (Å²) in [6, 6.07) is 9.96. The first-order valence-electron chi connectivity index (χ1n) is 8.92. The molecule has 0 aliphatic carbocycles. The first-order valence-corrected chi connectivity index (χ1v) is 8.92. The van der Waals surface area contributed by atoms with E-state index in [1.165, 1.54) is 6.20 Å². The molecule has 4 rings (SSSR count). The van der Waals surface area contributed by atoms with Gasteiger partial charge in [-0.15, -0.1) is 0 Å². The Balaban J connectivity index is 1.45. The van der Waals surface area contributed by atoms with Crippen molar-refractivity contribution >= 4 is 11.9 Å². The molecule has 3 heterocycles. The van der Waals surface area contributed by atoms with E-state index in [2.05, 4.69) is 10.1 Å². The number of carboxylic acid groups (broad SMARTS) is 1. The molecule has 1 fully saturated rings. The summed E-state index contributed by atoms with van der Waals surface area (Å²) in [4.78, 5) is 28.9. The first-order chi connectivity index (χ1) is 13.1. The van der Waals surface area contributed by atoms with Crippen LogP contribution in [0.1, 0.15) is 39.6 Å². The summed E-state index contributed by atoms with van der Waals surface area (Å²) < 4.78 is 1.71. The van der Waals surface area contributed by atoms with Crippen LogP contribution in [0.2, 0.25) is 0 Å². The number of aromatic carboxylic acids is 1. The number of hydrogen-bond donors (Lipinski definition) is 2. The molecule has 0 unspecified atom stereocenters. The Bertz CT molecular complexity index is 953. The second kappa shape index (κ2) is 7.11. The van der Waals surface area contributed by atoms with E-state index in [-0.39, 0.29) is 17.5 Å². The van der Waals surface area contributed by atoms with E-state index in [0.29, 0.717) is 18.7 Å². The normalized spacial score (nSPS) is 15.0. The highest BCUT2D eigenvalue weighted by Crippen LogP contribution is 2.27. The summed E-state index contributed by atoms with van der Waals surface area (Å²) in [7, 11) is 0. The van der Waals surface area contributed by atoms with Crippen LogP contribution < -0.4 is 0 Å². The minimum absolute atomic E-state index is 0.0141. The minimum Gasteiger partial charge on any atom is -0.478 e. The van der Waals surface area contributed by atoms with Crippen molar-refractivity contribution in [3.8, 4) is 11.1 Å². The number of H-pyrrole nitrogens is 1. The van der Waals surface area contributed by atoms with Crippen LogP contribution in [0.25, 0.3) is 11.1 Å². The highest BCUT2D eigenvalue weighted by atomic mass is 16.4. The van der Waals surface area contributed by atoms with Crippen molar-refractivity contribution in [2.45, 2.75) is 18.9 Å². The van der Waals surface area contributed by atoms with Gasteiger partial charge >= 0.3 is 5.97 Å². The summed E-state index contributed by atoms with van der Waals surface area (Å²) >= 11 is 0. The highest BCUT2D eigenvalue weighted by molar-refractivity contribution is 6.00. The topological polar surface area (TPSA) is 91.2 Å². The predicted octanol–water partition coefficient (Wildman–Crippen LogP) is 3.05. The fourth-order valence-electron chi connectivity index (χ4n) is 3.55. The van der Waals surface area contributed by atoms with Gasteiger partial charge < -0.3 is 15.0 Å². The molecule has 1 amide bonds. The van der Waals surface area contributed by atoms with Gasteiger partial charge in [-0.3, -0.25) is 9.48 Å². The third kappa shape index (κ3) is 3.36. The molecule has 27 heavy (non-hydrogen) atoms. The molecule has 1 aliphatic rings. The number of hydrogen-bond acceptors (Lipinski definition) is 3. The van der Waals surface area contributed by atoms with E-state index < -0.39 is 5.97 Å². The lowest BCUT2D eigenvalue weighted by molar-refractivity contribution is 0.0689. The standard InChI is InChI=1S/C20H20N4O3/c25-19(18-12-21-11-17(18)14-4-2-1-3-5-14)23-8-6-16(7-9-23)24-13-15(10-22-24)20(26)27/h1-5,10-13,16,21H,6-9H2,(H,26,27). The number of aromatic amines is 1. The number of nitrogens with one attached hydrogen (secondary N) is 1. The predicted molar refractivity (Wildman–Crippen MR) is 99.6 cm³/mol. The van der Waals surface area contributed by atoms with Crippen LogP contribution in [-0.4, -0.2) is 49.7 Å². The number of amides is 1. The lowest BCUT2D eigenvalue weighted by Crippen LogP contribution is -2.39. The Hall–Kier alpha value is -3.35. The summed E-state index contributed by atoms with van der Waals surface area (Å²) in [5, 5.41) is 13.2. The Morgan fingerprint density at radius 3 is 2.52 bits per heavy atom. The lowest BCUT2D eigenvalue weighted by Gasteiger charge is -2.32. The number of benzene rings is 1. The van der Waals surface area contributed by atoms with Crippen LogP contribution in [0.15, 0.2) is 55.1 Å². The third-order valence-electron chi connectivity index (χ3n) is 5.03. The molecule has 0 radical (unpaired) electrons. The lowest BCUT2D eigenvalue weighted by atomic mass is 10.0. The van der Waals surface area contributed by atoms with E-state index in [1.54, 1.807) is 17.1 Å². The van der Waals surface area contributed by atoms with Crippen LogP contribution in [0.4, 0.5) is 0 Å². The van der Waals surface area contributed by atoms with Crippen LogP contribution >= 0.6 is 0 Å². The molecule has 0 spiro atoms. The second-order valence-corrected chi connectivity index (χ2v) is 6.69. The Morgan fingerprint density at radius 2 is 1.85 bits per heavy atom. The molecule has 138 valence electrons. The number of likely N-dealkylation sites (tertiary alicyclic amines) is 1. The van der Waals surface area contributed by atoms with Gasteiger partial charge in [0, 0.05) is 37.2 Å². The second-order valence-electron chi connectivity index (χ2n) is 6.69. The molecule has 0 bridgehead atoms. The summed E-state index contributed by atoms with van der Waals surface area (Å²) in [5.74, 6) is -0.963. The smallest absolute Gasteiger partial charge is 0.338 e. The average molecular weight is 364 g/mol. The Labute approximate surface area is 156 Å². The van der Waals surface area contributed by atoms with Crippen molar-refractivity contribution in [1.82, 2.24) is 19.7 Å². The molecule has 1 aliphatic heterocycles. The summed E-state index contributed by atoms with van der Waals surface area (Å²) in [5.41, 5.74) is 2.77. The van der Waals surface area contributed by atoms with Crippen molar-refractivity contribution in [2.75, 3.05) is 13.1 Å². The first kappa shape index (κ1) is 17.1. The maximum absolute atomic E-state index is 13.0. The number of aromatic nitrogens is 3. The summed E-state index contributed by atoms with van der Waals surface area (Å²) in [6.45, 7) is 1.23. The molecule has 3 aromatic rings. The Kier molecular flexibility index (Phi) is 4.50. The number of carboxylic acids is 1. The molecule has 0 saturated carbocycles. The van der Waals surface area contributed by atoms with Crippen molar-refractivity contribution in [2.24, 2.45) is 0 Å². The number of carbonyl (C=O) groups excluding carboxylic acids is 1. The number of rotatable bonds is 4. The molecule has 1 aromatic carbocycles. The molecular weight excluding hydrogens is 344 g/mol. The number of piperidine rings is 1. The van der Waals surface area contributed by atoms with Crippen molar-refractivity contribution < 1.29 is 14.7 Å². The van der Waals surface area contributed by atoms with Gasteiger partial charge in [0.25, 0.3) is 5.91 Å². The molecule has 7 nitrogen and oxygen atoms in total. The fourth-order valence-corrected chi connectivity index (χ4v) is 3.55.